The summed E-state index contributed by atoms with van der Waals surface area (Å²) in [5.74, 6) is 7.76. The molecule has 0 spiro atoms. The van der Waals surface area contributed by atoms with Crippen LogP contribution in [0.25, 0.3) is 0 Å². The van der Waals surface area contributed by atoms with Crippen LogP contribution in [0.2, 0.25) is 0 Å². The Labute approximate surface area is 120 Å². The van der Waals surface area contributed by atoms with Crippen LogP contribution in [0.1, 0.15) is 38.3 Å². The molecule has 108 valence electrons. The molecule has 4 nitrogen and oxygen atoms in total. The van der Waals surface area contributed by atoms with Crippen molar-refractivity contribution in [2.24, 2.45) is 5.84 Å². The van der Waals surface area contributed by atoms with E-state index >= 15 is 0 Å². The van der Waals surface area contributed by atoms with Gasteiger partial charge in [0, 0.05) is 11.9 Å². The summed E-state index contributed by atoms with van der Waals surface area (Å²) in [5, 5.41) is 0. The first-order valence-electron chi connectivity index (χ1n) is 6.68. The van der Waals surface area contributed by atoms with Gasteiger partial charge in [0.1, 0.15) is 0 Å². The first kappa shape index (κ1) is 16.1. The number of ether oxygens (including phenoxy) is 2. The molecule has 3 N–H and O–H groups in total. The maximum absolute atomic E-state index is 5.72. The summed E-state index contributed by atoms with van der Waals surface area (Å²) in [5.41, 5.74) is 3.90. The van der Waals surface area contributed by atoms with Gasteiger partial charge in [-0.1, -0.05) is 6.07 Å². The number of hydrazine groups is 1. The predicted molar refractivity (Wildman–Crippen MR) is 78.8 cm³/mol. The van der Waals surface area contributed by atoms with Crippen molar-refractivity contribution in [3.05, 3.63) is 23.8 Å². The number of hydrogen-bond donors (Lipinski definition) is 2. The quantitative estimate of drug-likeness (QED) is 0.416. The van der Waals surface area contributed by atoms with Crippen molar-refractivity contribution in [3.63, 3.8) is 0 Å². The average molecular weight is 287 g/mol. The Balaban J connectivity index is 2.91. The Morgan fingerprint density at radius 3 is 2.47 bits per heavy atom. The molecular weight excluding hydrogens is 264 g/mol. The molecule has 0 radical (unpaired) electrons. The second-order valence-electron chi connectivity index (χ2n) is 4.12. The fourth-order valence-electron chi connectivity index (χ4n) is 1.91. The van der Waals surface area contributed by atoms with Crippen LogP contribution in [0.4, 0.5) is 0 Å². The van der Waals surface area contributed by atoms with Gasteiger partial charge in [-0.05, 0) is 44.4 Å². The average Bonchev–Trinajstić information content (AvgIpc) is 2.43. The minimum Gasteiger partial charge on any atom is -0.490 e. The summed E-state index contributed by atoms with van der Waals surface area (Å²) in [6, 6.07) is 5.99. The molecule has 0 aromatic heterocycles. The highest BCUT2D eigenvalue weighted by Gasteiger charge is 2.13. The van der Waals surface area contributed by atoms with Crippen molar-refractivity contribution in [2.45, 2.75) is 32.7 Å². The van der Waals surface area contributed by atoms with Crippen molar-refractivity contribution in [2.75, 3.05) is 19.1 Å². The van der Waals surface area contributed by atoms with Gasteiger partial charge in [-0.25, -0.2) is 0 Å². The highest BCUT2D eigenvalue weighted by Crippen LogP contribution is 2.31. The molecule has 0 heterocycles. The van der Waals surface area contributed by atoms with Crippen LogP contribution < -0.4 is 20.7 Å². The Hall–Kier alpha value is -0.970. The number of hydrogen-bond acceptors (Lipinski definition) is 4. The number of halogens is 1. The molecule has 0 aliphatic carbocycles. The van der Waals surface area contributed by atoms with E-state index in [0.717, 1.165) is 29.9 Å². The maximum Gasteiger partial charge on any atom is 0.161 e. The van der Waals surface area contributed by atoms with Gasteiger partial charge in [0.05, 0.1) is 13.2 Å². The van der Waals surface area contributed by atoms with Crippen LogP contribution in [0.3, 0.4) is 0 Å². The van der Waals surface area contributed by atoms with Crippen LogP contribution in [0, 0.1) is 0 Å². The molecule has 0 aliphatic rings. The zero-order valence-electron chi connectivity index (χ0n) is 11.6. The number of rotatable bonds is 9. The van der Waals surface area contributed by atoms with Gasteiger partial charge in [-0.3, -0.25) is 11.3 Å². The van der Waals surface area contributed by atoms with Crippen molar-refractivity contribution < 1.29 is 9.47 Å². The Bertz CT molecular complexity index is 374. The van der Waals surface area contributed by atoms with Crippen LogP contribution >= 0.6 is 11.6 Å². The smallest absolute Gasteiger partial charge is 0.161 e. The van der Waals surface area contributed by atoms with Crippen molar-refractivity contribution in [3.8, 4) is 11.5 Å². The van der Waals surface area contributed by atoms with Crippen LogP contribution in [-0.2, 0) is 0 Å². The van der Waals surface area contributed by atoms with Crippen molar-refractivity contribution >= 4 is 11.6 Å². The number of nitrogens with two attached hydrogens (primary N) is 1. The van der Waals surface area contributed by atoms with Crippen LogP contribution in [0.15, 0.2) is 18.2 Å². The van der Waals surface area contributed by atoms with Gasteiger partial charge in [0.2, 0.25) is 0 Å². The number of alkyl halides is 1. The van der Waals surface area contributed by atoms with Gasteiger partial charge < -0.3 is 9.47 Å². The summed E-state index contributed by atoms with van der Waals surface area (Å²) in [6.07, 6.45) is 1.80. The molecule has 19 heavy (non-hydrogen) atoms. The molecule has 0 saturated carbocycles. The molecule has 0 bridgehead atoms. The summed E-state index contributed by atoms with van der Waals surface area (Å²) < 4.78 is 11.2. The van der Waals surface area contributed by atoms with Crippen LogP contribution in [-0.4, -0.2) is 19.1 Å². The topological polar surface area (TPSA) is 56.5 Å². The summed E-state index contributed by atoms with van der Waals surface area (Å²) in [6.45, 7) is 5.12. The largest absolute Gasteiger partial charge is 0.490 e. The Morgan fingerprint density at radius 2 is 1.89 bits per heavy atom. The number of benzene rings is 1. The molecule has 0 saturated heterocycles. The van der Waals surface area contributed by atoms with E-state index in [-0.39, 0.29) is 6.04 Å². The zero-order valence-corrected chi connectivity index (χ0v) is 12.4. The molecule has 5 heteroatoms. The van der Waals surface area contributed by atoms with E-state index in [2.05, 4.69) is 5.43 Å². The highest BCUT2D eigenvalue weighted by atomic mass is 35.5. The first-order chi connectivity index (χ1) is 9.26. The van der Waals surface area contributed by atoms with Gasteiger partial charge in [-0.15, -0.1) is 11.6 Å². The van der Waals surface area contributed by atoms with E-state index < -0.39 is 0 Å². The minimum atomic E-state index is 0.0774. The first-order valence-corrected chi connectivity index (χ1v) is 7.21. The molecule has 1 aromatic carbocycles. The van der Waals surface area contributed by atoms with Crippen molar-refractivity contribution in [1.82, 2.24) is 5.43 Å². The van der Waals surface area contributed by atoms with Crippen molar-refractivity contribution in [1.29, 1.82) is 0 Å². The molecule has 0 fully saturated rings. The lowest BCUT2D eigenvalue weighted by Gasteiger charge is -2.18. The monoisotopic (exact) mass is 286 g/mol. The van der Waals surface area contributed by atoms with E-state index in [9.17, 15) is 0 Å². The summed E-state index contributed by atoms with van der Waals surface area (Å²) >= 11 is 5.72. The zero-order chi connectivity index (χ0) is 14.1. The second-order valence-corrected chi connectivity index (χ2v) is 4.50. The number of nitrogens with one attached hydrogen (secondary N) is 1. The lowest BCUT2D eigenvalue weighted by Crippen LogP contribution is -2.28. The molecule has 1 atom stereocenters. The lowest BCUT2D eigenvalue weighted by atomic mass is 10.0. The van der Waals surface area contributed by atoms with E-state index in [4.69, 9.17) is 26.9 Å². The molecule has 1 aromatic rings. The third-order valence-electron chi connectivity index (χ3n) is 2.80. The fourth-order valence-corrected chi connectivity index (χ4v) is 2.07. The molecular formula is C14H23ClN2O2. The molecule has 0 amide bonds. The normalized spacial score (nSPS) is 12.2. The second kappa shape index (κ2) is 9.02. The predicted octanol–water partition coefficient (Wildman–Crippen LogP) is 3.01. The summed E-state index contributed by atoms with van der Waals surface area (Å²) in [7, 11) is 0. The molecule has 1 unspecified atom stereocenters. The Kier molecular flexibility index (Phi) is 7.63. The van der Waals surface area contributed by atoms with E-state index in [1.54, 1.807) is 0 Å². The maximum atomic E-state index is 5.72. The van der Waals surface area contributed by atoms with E-state index in [0.29, 0.717) is 19.1 Å². The summed E-state index contributed by atoms with van der Waals surface area (Å²) in [4.78, 5) is 0. The fraction of sp³-hybridized carbons (Fsp3) is 0.571. The van der Waals surface area contributed by atoms with Gasteiger partial charge >= 0.3 is 0 Å². The van der Waals surface area contributed by atoms with E-state index in [1.807, 2.05) is 32.0 Å². The molecule has 0 aliphatic heterocycles. The SMILES string of the molecule is CCOc1ccc(C(CCCCl)NN)cc1OCC. The molecule has 1 rings (SSSR count). The van der Waals surface area contributed by atoms with Crippen LogP contribution in [0.5, 0.6) is 11.5 Å². The minimum absolute atomic E-state index is 0.0774. The third-order valence-corrected chi connectivity index (χ3v) is 3.06. The third kappa shape index (κ3) is 4.90. The lowest BCUT2D eigenvalue weighted by molar-refractivity contribution is 0.287. The van der Waals surface area contributed by atoms with E-state index in [1.165, 1.54) is 0 Å². The highest BCUT2D eigenvalue weighted by molar-refractivity contribution is 6.17. The van der Waals surface area contributed by atoms with Gasteiger partial charge in [0.25, 0.3) is 0 Å². The standard InChI is InChI=1S/C14H23ClN2O2/c1-3-18-13-8-7-11(10-14(13)19-4-2)12(17-16)6-5-9-15/h7-8,10,12,17H,3-6,9,16H2,1-2H3. The Morgan fingerprint density at radius 1 is 1.21 bits per heavy atom. The van der Waals surface area contributed by atoms with Gasteiger partial charge in [0.15, 0.2) is 11.5 Å². The van der Waals surface area contributed by atoms with Gasteiger partial charge in [-0.2, -0.15) is 0 Å².